The number of hydrazone groups is 1. The van der Waals surface area contributed by atoms with Crippen molar-refractivity contribution < 1.29 is 14.3 Å². The summed E-state index contributed by atoms with van der Waals surface area (Å²) in [5.41, 5.74) is 3.17. The number of hydrogen-bond donors (Lipinski definition) is 1. The summed E-state index contributed by atoms with van der Waals surface area (Å²) >= 11 is 3.33. The third-order valence-corrected chi connectivity index (χ3v) is 3.25. The van der Waals surface area contributed by atoms with E-state index in [2.05, 4.69) is 26.5 Å². The Bertz CT molecular complexity index is 754. The van der Waals surface area contributed by atoms with E-state index in [1.54, 1.807) is 36.4 Å². The van der Waals surface area contributed by atoms with Crippen LogP contribution in [0.1, 0.15) is 5.56 Å². The van der Waals surface area contributed by atoms with Crippen LogP contribution in [0.2, 0.25) is 0 Å². The lowest BCUT2D eigenvalue weighted by molar-refractivity contribution is -0.123. The third kappa shape index (κ3) is 6.10. The van der Waals surface area contributed by atoms with Gasteiger partial charge < -0.3 is 9.47 Å². The molecule has 0 aliphatic carbocycles. The molecule has 0 saturated carbocycles. The van der Waals surface area contributed by atoms with Gasteiger partial charge in [0.05, 0.1) is 6.21 Å². The Morgan fingerprint density at radius 2 is 2.00 bits per heavy atom. The lowest BCUT2D eigenvalue weighted by Crippen LogP contribution is -2.24. The minimum atomic E-state index is -0.361. The molecule has 2 aromatic rings. The van der Waals surface area contributed by atoms with Crippen LogP contribution in [0.3, 0.4) is 0 Å². The summed E-state index contributed by atoms with van der Waals surface area (Å²) in [6.45, 7) is -0.129. The molecule has 0 bridgehead atoms. The van der Waals surface area contributed by atoms with Crippen molar-refractivity contribution in [2.75, 3.05) is 13.2 Å². The Morgan fingerprint density at radius 3 is 2.71 bits per heavy atom. The first-order valence-electron chi connectivity index (χ1n) is 6.97. The molecule has 0 aliphatic rings. The number of ether oxygens (including phenoxy) is 2. The quantitative estimate of drug-likeness (QED) is 0.584. The second kappa shape index (κ2) is 9.33. The minimum Gasteiger partial charge on any atom is -0.484 e. The molecule has 6 nitrogen and oxygen atoms in total. The molecule has 24 heavy (non-hydrogen) atoms. The number of rotatable bonds is 7. The maximum atomic E-state index is 11.7. The van der Waals surface area contributed by atoms with E-state index in [0.717, 1.165) is 10.0 Å². The first kappa shape index (κ1) is 17.5. The van der Waals surface area contributed by atoms with E-state index >= 15 is 0 Å². The van der Waals surface area contributed by atoms with Gasteiger partial charge in [-0.1, -0.05) is 22.0 Å². The highest BCUT2D eigenvalue weighted by Gasteiger charge is 2.01. The first-order valence-corrected chi connectivity index (χ1v) is 7.77. The van der Waals surface area contributed by atoms with Gasteiger partial charge in [0.15, 0.2) is 13.2 Å². The lowest BCUT2D eigenvalue weighted by atomic mass is 10.2. The van der Waals surface area contributed by atoms with Gasteiger partial charge in [-0.15, -0.1) is 0 Å². The summed E-state index contributed by atoms with van der Waals surface area (Å²) in [5.74, 6) is 0.830. The van der Waals surface area contributed by atoms with Gasteiger partial charge in [0.1, 0.15) is 17.6 Å². The maximum Gasteiger partial charge on any atom is 0.277 e. The maximum absolute atomic E-state index is 11.7. The normalized spacial score (nSPS) is 10.2. The number of carbonyl (C=O) groups excluding carboxylic acids is 1. The number of amides is 1. The van der Waals surface area contributed by atoms with Gasteiger partial charge in [0, 0.05) is 4.47 Å². The molecule has 2 rings (SSSR count). The van der Waals surface area contributed by atoms with Gasteiger partial charge in [-0.25, -0.2) is 5.43 Å². The van der Waals surface area contributed by atoms with Gasteiger partial charge in [0.25, 0.3) is 5.91 Å². The van der Waals surface area contributed by atoms with Crippen LogP contribution in [0.4, 0.5) is 0 Å². The van der Waals surface area contributed by atoms with E-state index in [9.17, 15) is 4.79 Å². The summed E-state index contributed by atoms with van der Waals surface area (Å²) in [6, 6.07) is 16.1. The van der Waals surface area contributed by atoms with Crippen LogP contribution in [0.15, 0.2) is 58.1 Å². The van der Waals surface area contributed by atoms with Gasteiger partial charge in [-0.2, -0.15) is 10.4 Å². The highest BCUT2D eigenvalue weighted by Crippen LogP contribution is 2.17. The summed E-state index contributed by atoms with van der Waals surface area (Å²) in [7, 11) is 0. The molecular weight excluding hydrogens is 374 g/mol. The molecule has 0 aliphatic heterocycles. The van der Waals surface area contributed by atoms with Crippen molar-refractivity contribution in [3.05, 3.63) is 58.6 Å². The number of nitrogens with zero attached hydrogens (tertiary/aromatic N) is 2. The predicted molar refractivity (Wildman–Crippen MR) is 92.9 cm³/mol. The summed E-state index contributed by atoms with van der Waals surface area (Å²) in [5, 5.41) is 12.3. The van der Waals surface area contributed by atoms with Crippen LogP contribution in [0, 0.1) is 11.3 Å². The zero-order chi connectivity index (χ0) is 17.2. The molecule has 0 spiro atoms. The molecule has 0 unspecified atom stereocenters. The number of halogens is 1. The summed E-state index contributed by atoms with van der Waals surface area (Å²) in [4.78, 5) is 11.7. The SMILES string of the molecule is N#CCOc1ccc(/C=N\NC(=O)COc2cccc(Br)c2)cc1. The van der Waals surface area contributed by atoms with Crippen molar-refractivity contribution in [2.45, 2.75) is 0 Å². The molecule has 122 valence electrons. The van der Waals surface area contributed by atoms with Crippen molar-refractivity contribution in [3.63, 3.8) is 0 Å². The van der Waals surface area contributed by atoms with Crippen molar-refractivity contribution in [2.24, 2.45) is 5.10 Å². The zero-order valence-electron chi connectivity index (χ0n) is 12.6. The van der Waals surface area contributed by atoms with E-state index in [0.29, 0.717) is 11.5 Å². The van der Waals surface area contributed by atoms with E-state index in [1.807, 2.05) is 18.2 Å². The van der Waals surface area contributed by atoms with Crippen LogP contribution in [-0.2, 0) is 4.79 Å². The highest BCUT2D eigenvalue weighted by atomic mass is 79.9. The molecule has 0 atom stereocenters. The Kier molecular flexibility index (Phi) is 6.80. The number of nitrogens with one attached hydrogen (secondary N) is 1. The topological polar surface area (TPSA) is 83.7 Å². The smallest absolute Gasteiger partial charge is 0.277 e. The van der Waals surface area contributed by atoms with Crippen LogP contribution in [0.25, 0.3) is 0 Å². The Labute approximate surface area is 147 Å². The molecule has 7 heteroatoms. The highest BCUT2D eigenvalue weighted by molar-refractivity contribution is 9.10. The number of nitriles is 1. The fourth-order valence-corrected chi connectivity index (χ4v) is 2.06. The second-order valence-electron chi connectivity index (χ2n) is 4.56. The predicted octanol–water partition coefficient (Wildman–Crippen LogP) is 2.88. The van der Waals surface area contributed by atoms with Gasteiger partial charge >= 0.3 is 0 Å². The van der Waals surface area contributed by atoms with Crippen LogP contribution < -0.4 is 14.9 Å². The Balaban J connectivity index is 1.76. The first-order chi connectivity index (χ1) is 11.7. The summed E-state index contributed by atoms with van der Waals surface area (Å²) in [6.07, 6.45) is 1.51. The fourth-order valence-electron chi connectivity index (χ4n) is 1.68. The van der Waals surface area contributed by atoms with Crippen LogP contribution in [0.5, 0.6) is 11.5 Å². The largest absolute Gasteiger partial charge is 0.484 e. The number of carbonyl (C=O) groups is 1. The van der Waals surface area contributed by atoms with Crippen molar-refractivity contribution in [1.82, 2.24) is 5.43 Å². The van der Waals surface area contributed by atoms with Gasteiger partial charge in [-0.3, -0.25) is 4.79 Å². The Morgan fingerprint density at radius 1 is 1.21 bits per heavy atom. The summed E-state index contributed by atoms with van der Waals surface area (Å²) < 4.78 is 11.4. The van der Waals surface area contributed by atoms with Crippen LogP contribution >= 0.6 is 15.9 Å². The fraction of sp³-hybridized carbons (Fsp3) is 0.118. The molecule has 1 N–H and O–H groups in total. The number of hydrogen-bond acceptors (Lipinski definition) is 5. The molecule has 0 saturated heterocycles. The molecule has 0 radical (unpaired) electrons. The van der Waals surface area contributed by atoms with E-state index < -0.39 is 0 Å². The molecule has 1 amide bonds. The molecular formula is C17H14BrN3O3. The van der Waals surface area contributed by atoms with Gasteiger partial charge in [0.2, 0.25) is 0 Å². The van der Waals surface area contributed by atoms with E-state index in [-0.39, 0.29) is 19.1 Å². The van der Waals surface area contributed by atoms with Crippen molar-refractivity contribution in [1.29, 1.82) is 5.26 Å². The average molecular weight is 388 g/mol. The Hall–Kier alpha value is -2.85. The lowest BCUT2D eigenvalue weighted by Gasteiger charge is -2.05. The number of benzene rings is 2. The standard InChI is InChI=1S/C17H14BrN3O3/c18-14-2-1-3-16(10-14)24-12-17(22)21-20-11-13-4-6-15(7-5-13)23-9-8-19/h1-7,10-11H,9,12H2,(H,21,22)/b20-11-. The van der Waals surface area contributed by atoms with Crippen molar-refractivity contribution in [3.8, 4) is 17.6 Å². The zero-order valence-corrected chi connectivity index (χ0v) is 14.2. The van der Waals surface area contributed by atoms with Crippen LogP contribution in [-0.4, -0.2) is 25.3 Å². The van der Waals surface area contributed by atoms with E-state index in [1.165, 1.54) is 6.21 Å². The average Bonchev–Trinajstić information content (AvgIpc) is 2.59. The van der Waals surface area contributed by atoms with Crippen molar-refractivity contribution >= 4 is 28.1 Å². The molecule has 2 aromatic carbocycles. The van der Waals surface area contributed by atoms with E-state index in [4.69, 9.17) is 14.7 Å². The molecule has 0 heterocycles. The second-order valence-corrected chi connectivity index (χ2v) is 5.47. The van der Waals surface area contributed by atoms with Gasteiger partial charge in [-0.05, 0) is 48.0 Å². The molecule has 0 fully saturated rings. The monoisotopic (exact) mass is 387 g/mol. The molecule has 0 aromatic heterocycles. The third-order valence-electron chi connectivity index (χ3n) is 2.75. The minimum absolute atomic E-state index is 0.00147.